The highest BCUT2D eigenvalue weighted by atomic mass is 16.5. The van der Waals surface area contributed by atoms with Crippen LogP contribution in [0.4, 0.5) is 0 Å². The van der Waals surface area contributed by atoms with E-state index in [1.54, 1.807) is 13.8 Å². The average molecular weight is 475 g/mol. The van der Waals surface area contributed by atoms with Gasteiger partial charge in [-0.25, -0.2) is 0 Å². The van der Waals surface area contributed by atoms with Gasteiger partial charge in [0, 0.05) is 10.8 Å². The Balaban J connectivity index is 1.35. The predicted molar refractivity (Wildman–Crippen MR) is 130 cm³/mol. The summed E-state index contributed by atoms with van der Waals surface area (Å²) in [5.41, 5.74) is 0.225. The fourth-order valence-corrected chi connectivity index (χ4v) is 10.8. The van der Waals surface area contributed by atoms with Gasteiger partial charge in [0.2, 0.25) is 0 Å². The van der Waals surface area contributed by atoms with Crippen molar-refractivity contribution in [3.05, 3.63) is 11.3 Å². The van der Waals surface area contributed by atoms with Gasteiger partial charge in [0.25, 0.3) is 0 Å². The molecule has 4 saturated carbocycles. The summed E-state index contributed by atoms with van der Waals surface area (Å²) in [6.07, 6.45) is 7.00. The van der Waals surface area contributed by atoms with Gasteiger partial charge in [-0.1, -0.05) is 27.7 Å². The van der Waals surface area contributed by atoms with E-state index < -0.39 is 23.9 Å². The van der Waals surface area contributed by atoms with Crippen LogP contribution in [0, 0.1) is 38.9 Å². The molecule has 4 N–H and O–H groups in total. The van der Waals surface area contributed by atoms with Crippen LogP contribution in [0.5, 0.6) is 0 Å². The van der Waals surface area contributed by atoms with Crippen LogP contribution in [0.3, 0.4) is 0 Å². The van der Waals surface area contributed by atoms with Crippen LogP contribution in [0.25, 0.3) is 0 Å². The van der Waals surface area contributed by atoms with E-state index in [1.807, 2.05) is 0 Å². The molecule has 10 atom stereocenters. The third-order valence-electron chi connectivity index (χ3n) is 13.0. The molecule has 0 aromatic heterocycles. The first-order valence-electron chi connectivity index (χ1n) is 13.8. The lowest BCUT2D eigenvalue weighted by atomic mass is 9.41. The molecule has 0 saturated heterocycles. The van der Waals surface area contributed by atoms with Crippen molar-refractivity contribution < 1.29 is 25.2 Å². The molecule has 6 rings (SSSR count). The van der Waals surface area contributed by atoms with Crippen molar-refractivity contribution in [2.75, 3.05) is 0 Å². The van der Waals surface area contributed by atoms with E-state index in [4.69, 9.17) is 4.74 Å². The SMILES string of the molecule is CC(C)(O)[C@@H](O)[C@H]1CCC2=C(O1)[C@H](O)[C@@]1(C)[C@@H]3CC[C@H]4C(C)(C)[C@@H](O)CC[C@@]45C[C@@]35CC[C@]21C. The van der Waals surface area contributed by atoms with E-state index in [2.05, 4.69) is 27.7 Å². The molecule has 0 amide bonds. The molecule has 5 heteroatoms. The molecule has 34 heavy (non-hydrogen) atoms. The normalized spacial score (nSPS) is 54.1. The molecule has 6 aliphatic rings. The van der Waals surface area contributed by atoms with Crippen molar-refractivity contribution in [2.45, 2.75) is 129 Å². The Bertz CT molecular complexity index is 933. The second-order valence-corrected chi connectivity index (χ2v) is 14.7. The van der Waals surface area contributed by atoms with Crippen molar-refractivity contribution in [2.24, 2.45) is 38.9 Å². The van der Waals surface area contributed by atoms with Gasteiger partial charge >= 0.3 is 0 Å². The highest BCUT2D eigenvalue weighted by Crippen LogP contribution is 2.89. The Morgan fingerprint density at radius 3 is 2.24 bits per heavy atom. The summed E-state index contributed by atoms with van der Waals surface area (Å²) >= 11 is 0. The summed E-state index contributed by atoms with van der Waals surface area (Å²) in [7, 11) is 0. The van der Waals surface area contributed by atoms with Crippen molar-refractivity contribution in [1.82, 2.24) is 0 Å². The highest BCUT2D eigenvalue weighted by Gasteiger charge is 2.83. The fraction of sp³-hybridized carbons (Fsp3) is 0.931. The van der Waals surface area contributed by atoms with Crippen LogP contribution in [0.15, 0.2) is 11.3 Å². The minimum Gasteiger partial charge on any atom is -0.489 e. The van der Waals surface area contributed by atoms with Gasteiger partial charge < -0.3 is 25.2 Å². The van der Waals surface area contributed by atoms with Gasteiger partial charge in [-0.05, 0) is 105 Å². The predicted octanol–water partition coefficient (Wildman–Crippen LogP) is 4.32. The van der Waals surface area contributed by atoms with Crippen LogP contribution < -0.4 is 0 Å². The fourth-order valence-electron chi connectivity index (χ4n) is 10.8. The van der Waals surface area contributed by atoms with Crippen molar-refractivity contribution in [3.8, 4) is 0 Å². The van der Waals surface area contributed by atoms with Crippen LogP contribution in [0.2, 0.25) is 0 Å². The molecule has 2 spiro atoms. The molecule has 0 unspecified atom stereocenters. The van der Waals surface area contributed by atoms with Gasteiger partial charge in [-0.2, -0.15) is 0 Å². The summed E-state index contributed by atoms with van der Waals surface area (Å²) in [5.74, 6) is 1.72. The van der Waals surface area contributed by atoms with E-state index in [1.165, 1.54) is 18.4 Å². The first-order valence-corrected chi connectivity index (χ1v) is 13.8. The molecule has 4 fully saturated rings. The molecule has 0 aromatic carbocycles. The van der Waals surface area contributed by atoms with E-state index >= 15 is 0 Å². The summed E-state index contributed by atoms with van der Waals surface area (Å²) in [4.78, 5) is 0. The standard InChI is InChI=1S/C29H46O5/c1-24(2)18-9-10-19-27(6)23(32)21-16(7-8-17(34-21)22(31)25(3,4)33)26(27,5)13-14-29(19)15-28(18,29)12-11-20(24)30/h17-20,22-23,30-33H,7-15H2,1-6H3/t17-,18+,19+,20+,22+,23+,26-,27-,28-,29+/m1/s1. The molecular weight excluding hydrogens is 428 g/mol. The molecule has 5 nitrogen and oxygen atoms in total. The van der Waals surface area contributed by atoms with Crippen molar-refractivity contribution >= 4 is 0 Å². The number of hydrogen-bond acceptors (Lipinski definition) is 5. The summed E-state index contributed by atoms with van der Waals surface area (Å²) in [6, 6.07) is 0. The second kappa shape index (κ2) is 6.62. The quantitative estimate of drug-likeness (QED) is 0.479. The lowest BCUT2D eigenvalue weighted by Gasteiger charge is -2.63. The maximum atomic E-state index is 12.0. The summed E-state index contributed by atoms with van der Waals surface area (Å²) in [6.45, 7) is 12.5. The van der Waals surface area contributed by atoms with Gasteiger partial charge in [-0.3, -0.25) is 0 Å². The monoisotopic (exact) mass is 474 g/mol. The van der Waals surface area contributed by atoms with Crippen molar-refractivity contribution in [1.29, 1.82) is 0 Å². The molecule has 1 heterocycles. The molecule has 0 aromatic rings. The number of aliphatic hydroxyl groups is 4. The first-order chi connectivity index (χ1) is 15.7. The Labute approximate surface area is 205 Å². The van der Waals surface area contributed by atoms with Crippen molar-refractivity contribution in [3.63, 3.8) is 0 Å². The third-order valence-corrected chi connectivity index (χ3v) is 13.0. The molecule has 1 aliphatic heterocycles. The Morgan fingerprint density at radius 1 is 0.912 bits per heavy atom. The smallest absolute Gasteiger partial charge is 0.127 e. The Kier molecular flexibility index (Phi) is 4.63. The maximum absolute atomic E-state index is 12.0. The van der Waals surface area contributed by atoms with E-state index in [0.29, 0.717) is 29.4 Å². The number of rotatable bonds is 2. The number of ether oxygens (including phenoxy) is 1. The van der Waals surface area contributed by atoms with E-state index in [-0.39, 0.29) is 27.8 Å². The first kappa shape index (κ1) is 23.8. The number of aliphatic hydroxyl groups excluding tert-OH is 3. The topological polar surface area (TPSA) is 90.2 Å². The Morgan fingerprint density at radius 2 is 1.56 bits per heavy atom. The van der Waals surface area contributed by atoms with E-state index in [0.717, 1.165) is 38.5 Å². The number of hydrogen-bond donors (Lipinski definition) is 4. The lowest BCUT2D eigenvalue weighted by molar-refractivity contribution is -0.176. The number of allylic oxidation sites excluding steroid dienone is 1. The van der Waals surface area contributed by atoms with Gasteiger partial charge in [0.1, 0.15) is 24.1 Å². The van der Waals surface area contributed by atoms with E-state index in [9.17, 15) is 20.4 Å². The molecule has 0 radical (unpaired) electrons. The zero-order valence-corrected chi connectivity index (χ0v) is 22.0. The average Bonchev–Trinajstić information content (AvgIpc) is 3.41. The zero-order chi connectivity index (χ0) is 24.7. The maximum Gasteiger partial charge on any atom is 0.127 e. The molecular formula is C29H46O5. The van der Waals surface area contributed by atoms with Gasteiger partial charge in [-0.15, -0.1) is 0 Å². The summed E-state index contributed by atoms with van der Waals surface area (Å²) < 4.78 is 6.40. The zero-order valence-electron chi connectivity index (χ0n) is 22.0. The second-order valence-electron chi connectivity index (χ2n) is 14.7. The Hall–Kier alpha value is -0.620. The van der Waals surface area contributed by atoms with Crippen LogP contribution >= 0.6 is 0 Å². The van der Waals surface area contributed by atoms with Crippen LogP contribution in [-0.2, 0) is 4.74 Å². The molecule has 192 valence electrons. The van der Waals surface area contributed by atoms with Gasteiger partial charge in [0.15, 0.2) is 0 Å². The van der Waals surface area contributed by atoms with Gasteiger partial charge in [0.05, 0.1) is 11.7 Å². The minimum atomic E-state index is -1.24. The van der Waals surface area contributed by atoms with Crippen LogP contribution in [-0.4, -0.2) is 50.4 Å². The lowest BCUT2D eigenvalue weighted by Crippen LogP contribution is -2.59. The molecule has 5 aliphatic carbocycles. The summed E-state index contributed by atoms with van der Waals surface area (Å²) in [5, 5.41) is 44.0. The molecule has 0 bridgehead atoms. The highest BCUT2D eigenvalue weighted by molar-refractivity contribution is 5.41. The number of fused-ring (bicyclic) bond motifs is 3. The largest absolute Gasteiger partial charge is 0.489 e. The minimum absolute atomic E-state index is 0.0380. The van der Waals surface area contributed by atoms with Crippen LogP contribution in [0.1, 0.15) is 99.3 Å². The third kappa shape index (κ3) is 2.47.